The van der Waals surface area contributed by atoms with E-state index < -0.39 is 12.0 Å². The molecule has 4 nitrogen and oxygen atoms in total. The predicted octanol–water partition coefficient (Wildman–Crippen LogP) is 3.29. The van der Waals surface area contributed by atoms with Gasteiger partial charge < -0.3 is 9.84 Å². The molecule has 0 amide bonds. The van der Waals surface area contributed by atoms with Crippen molar-refractivity contribution in [2.45, 2.75) is 32.7 Å². The molecule has 0 spiro atoms. The smallest absolute Gasteiger partial charge is 0.321 e. The van der Waals surface area contributed by atoms with Gasteiger partial charge in [-0.2, -0.15) is 0 Å². The number of carbonyl (C=O) groups is 1. The first kappa shape index (κ1) is 16.1. The lowest BCUT2D eigenvalue weighted by Gasteiger charge is -2.43. The molecule has 0 saturated carbocycles. The van der Waals surface area contributed by atoms with Gasteiger partial charge in [-0.25, -0.2) is 0 Å². The van der Waals surface area contributed by atoms with Crippen LogP contribution in [0.5, 0.6) is 5.75 Å². The maximum Gasteiger partial charge on any atom is 0.321 e. The fourth-order valence-corrected chi connectivity index (χ4v) is 3.17. The van der Waals surface area contributed by atoms with E-state index in [-0.39, 0.29) is 5.41 Å². The Morgan fingerprint density at radius 3 is 2.71 bits per heavy atom. The van der Waals surface area contributed by atoms with E-state index >= 15 is 0 Å². The van der Waals surface area contributed by atoms with Crippen LogP contribution in [0.3, 0.4) is 0 Å². The van der Waals surface area contributed by atoms with Gasteiger partial charge in [0.15, 0.2) is 0 Å². The third-order valence-corrected chi connectivity index (χ3v) is 4.32. The summed E-state index contributed by atoms with van der Waals surface area (Å²) in [4.78, 5) is 13.6. The van der Waals surface area contributed by atoms with E-state index in [0.29, 0.717) is 18.2 Å². The van der Waals surface area contributed by atoms with Crippen molar-refractivity contribution in [2.75, 3.05) is 19.7 Å². The Bertz CT molecular complexity index is 487. The SMILES string of the molecule is CC1(C)CCCN(CCOc2ccc(Cl)cc2)C1C(=O)O. The molecule has 1 fully saturated rings. The molecule has 1 aliphatic rings. The van der Waals surface area contributed by atoms with Crippen LogP contribution in [0.25, 0.3) is 0 Å². The van der Waals surface area contributed by atoms with Crippen LogP contribution in [-0.4, -0.2) is 41.7 Å². The third kappa shape index (κ3) is 4.11. The van der Waals surface area contributed by atoms with Gasteiger partial charge in [-0.05, 0) is 49.1 Å². The van der Waals surface area contributed by atoms with E-state index in [1.165, 1.54) is 0 Å². The predicted molar refractivity (Wildman–Crippen MR) is 83.0 cm³/mol. The second-order valence-corrected chi connectivity index (χ2v) is 6.61. The van der Waals surface area contributed by atoms with Crippen molar-refractivity contribution < 1.29 is 14.6 Å². The summed E-state index contributed by atoms with van der Waals surface area (Å²) >= 11 is 5.82. The standard InChI is InChI=1S/C16H22ClNO3/c1-16(2)8-3-9-18(14(16)15(19)20)10-11-21-13-6-4-12(17)5-7-13/h4-7,14H,3,8-11H2,1-2H3,(H,19,20). The molecule has 0 radical (unpaired) electrons. The van der Waals surface area contributed by atoms with Gasteiger partial charge in [0.1, 0.15) is 18.4 Å². The number of nitrogens with zero attached hydrogens (tertiary/aromatic N) is 1. The van der Waals surface area contributed by atoms with Crippen LogP contribution in [0.2, 0.25) is 5.02 Å². The number of rotatable bonds is 5. The Morgan fingerprint density at radius 2 is 2.10 bits per heavy atom. The normalized spacial score (nSPS) is 22.0. The van der Waals surface area contributed by atoms with Crippen molar-refractivity contribution in [3.05, 3.63) is 29.3 Å². The molecule has 0 bridgehead atoms. The van der Waals surface area contributed by atoms with Crippen LogP contribution in [-0.2, 0) is 4.79 Å². The van der Waals surface area contributed by atoms with Gasteiger partial charge in [-0.15, -0.1) is 0 Å². The Labute approximate surface area is 130 Å². The largest absolute Gasteiger partial charge is 0.492 e. The minimum Gasteiger partial charge on any atom is -0.492 e. The zero-order chi connectivity index (χ0) is 15.5. The van der Waals surface area contributed by atoms with Crippen LogP contribution in [0, 0.1) is 5.41 Å². The molecule has 0 aliphatic carbocycles. The molecule has 1 aliphatic heterocycles. The summed E-state index contributed by atoms with van der Waals surface area (Å²) in [5.74, 6) is 0.00809. The number of carboxylic acids is 1. The molecule has 1 aromatic rings. The van der Waals surface area contributed by atoms with Crippen LogP contribution >= 0.6 is 11.6 Å². The summed E-state index contributed by atoms with van der Waals surface area (Å²) in [7, 11) is 0. The zero-order valence-corrected chi connectivity index (χ0v) is 13.3. The van der Waals surface area contributed by atoms with Crippen LogP contribution in [0.15, 0.2) is 24.3 Å². The lowest BCUT2D eigenvalue weighted by molar-refractivity contribution is -0.150. The topological polar surface area (TPSA) is 49.8 Å². The number of ether oxygens (including phenoxy) is 1. The quantitative estimate of drug-likeness (QED) is 0.906. The van der Waals surface area contributed by atoms with E-state index in [1.54, 1.807) is 12.1 Å². The number of aliphatic carboxylic acids is 1. The summed E-state index contributed by atoms with van der Waals surface area (Å²) in [6, 6.07) is 6.75. The first-order valence-electron chi connectivity index (χ1n) is 7.25. The molecule has 1 aromatic carbocycles. The summed E-state index contributed by atoms with van der Waals surface area (Å²) in [5, 5.41) is 10.2. The highest BCUT2D eigenvalue weighted by Gasteiger charge is 2.42. The summed E-state index contributed by atoms with van der Waals surface area (Å²) in [5.41, 5.74) is -0.204. The van der Waals surface area contributed by atoms with E-state index in [4.69, 9.17) is 16.3 Å². The highest BCUT2D eigenvalue weighted by Crippen LogP contribution is 2.35. The van der Waals surface area contributed by atoms with Crippen molar-refractivity contribution in [1.29, 1.82) is 0 Å². The third-order valence-electron chi connectivity index (χ3n) is 4.07. The van der Waals surface area contributed by atoms with E-state index in [1.807, 2.05) is 30.9 Å². The molecule has 116 valence electrons. The molecular weight excluding hydrogens is 290 g/mol. The molecule has 1 heterocycles. The Balaban J connectivity index is 1.91. The van der Waals surface area contributed by atoms with Gasteiger partial charge >= 0.3 is 5.97 Å². The van der Waals surface area contributed by atoms with Crippen molar-refractivity contribution >= 4 is 17.6 Å². The summed E-state index contributed by atoms with van der Waals surface area (Å²) in [6.07, 6.45) is 1.97. The second kappa shape index (κ2) is 6.67. The maximum atomic E-state index is 11.6. The molecular formula is C16H22ClNO3. The molecule has 0 aromatic heterocycles. The minimum atomic E-state index is -0.744. The monoisotopic (exact) mass is 311 g/mol. The van der Waals surface area contributed by atoms with Gasteiger partial charge in [-0.3, -0.25) is 9.69 Å². The molecule has 1 unspecified atom stereocenters. The van der Waals surface area contributed by atoms with Gasteiger partial charge in [-0.1, -0.05) is 25.4 Å². The second-order valence-electron chi connectivity index (χ2n) is 6.17. The van der Waals surface area contributed by atoms with Gasteiger partial charge in [0, 0.05) is 11.6 Å². The van der Waals surface area contributed by atoms with E-state index in [0.717, 1.165) is 25.1 Å². The highest BCUT2D eigenvalue weighted by atomic mass is 35.5. The molecule has 5 heteroatoms. The fraction of sp³-hybridized carbons (Fsp3) is 0.562. The Morgan fingerprint density at radius 1 is 1.43 bits per heavy atom. The van der Waals surface area contributed by atoms with Crippen molar-refractivity contribution in [3.63, 3.8) is 0 Å². The maximum absolute atomic E-state index is 11.6. The number of piperidine rings is 1. The van der Waals surface area contributed by atoms with Crippen molar-refractivity contribution in [1.82, 2.24) is 4.90 Å². The minimum absolute atomic E-state index is 0.204. The zero-order valence-electron chi connectivity index (χ0n) is 12.5. The number of carboxylic acid groups (broad SMARTS) is 1. The van der Waals surface area contributed by atoms with Crippen molar-refractivity contribution in [2.24, 2.45) is 5.41 Å². The number of hydrogen-bond acceptors (Lipinski definition) is 3. The molecule has 21 heavy (non-hydrogen) atoms. The number of likely N-dealkylation sites (tertiary alicyclic amines) is 1. The lowest BCUT2D eigenvalue weighted by atomic mass is 9.76. The summed E-state index contributed by atoms with van der Waals surface area (Å²) < 4.78 is 5.67. The first-order chi connectivity index (χ1) is 9.90. The van der Waals surface area contributed by atoms with Crippen LogP contribution in [0.4, 0.5) is 0 Å². The molecule has 1 atom stereocenters. The number of hydrogen-bond donors (Lipinski definition) is 1. The van der Waals surface area contributed by atoms with Crippen LogP contribution < -0.4 is 4.74 Å². The molecule has 2 rings (SSSR count). The van der Waals surface area contributed by atoms with Gasteiger partial charge in [0.25, 0.3) is 0 Å². The van der Waals surface area contributed by atoms with E-state index in [9.17, 15) is 9.90 Å². The average molecular weight is 312 g/mol. The first-order valence-corrected chi connectivity index (χ1v) is 7.63. The molecule has 1 saturated heterocycles. The molecule has 1 N–H and O–H groups in total. The Kier molecular flexibility index (Phi) is 5.12. The fourth-order valence-electron chi connectivity index (χ4n) is 3.04. The number of benzene rings is 1. The van der Waals surface area contributed by atoms with E-state index in [2.05, 4.69) is 0 Å². The highest BCUT2D eigenvalue weighted by molar-refractivity contribution is 6.30. The average Bonchev–Trinajstić information content (AvgIpc) is 2.39. The van der Waals surface area contributed by atoms with Crippen molar-refractivity contribution in [3.8, 4) is 5.75 Å². The van der Waals surface area contributed by atoms with Gasteiger partial charge in [0.05, 0.1) is 0 Å². The van der Waals surface area contributed by atoms with Crippen LogP contribution in [0.1, 0.15) is 26.7 Å². The van der Waals surface area contributed by atoms with Gasteiger partial charge in [0.2, 0.25) is 0 Å². The Hall–Kier alpha value is -1.26. The lowest BCUT2D eigenvalue weighted by Crippen LogP contribution is -2.55. The summed E-state index contributed by atoms with van der Waals surface area (Å²) in [6.45, 7) is 5.95. The number of halogens is 1.